The number of aromatic amines is 1. The molecule has 1 amide bonds. The van der Waals surface area contributed by atoms with Crippen molar-refractivity contribution in [2.75, 3.05) is 6.61 Å². The summed E-state index contributed by atoms with van der Waals surface area (Å²) in [5, 5.41) is 9.99. The number of nitrogens with two attached hydrogens (primary N) is 1. The SMILES string of the molecule is C#CCOc1ccc(-c2n[nH]nc2C(N)=O)cc1Br. The van der Waals surface area contributed by atoms with Crippen LogP contribution in [0.4, 0.5) is 0 Å². The number of ether oxygens (including phenoxy) is 1. The zero-order chi connectivity index (χ0) is 13.8. The molecule has 7 heteroatoms. The van der Waals surface area contributed by atoms with Gasteiger partial charge < -0.3 is 10.5 Å². The van der Waals surface area contributed by atoms with E-state index in [0.717, 1.165) is 0 Å². The molecule has 0 unspecified atom stereocenters. The van der Waals surface area contributed by atoms with Gasteiger partial charge in [0.25, 0.3) is 5.91 Å². The maximum atomic E-state index is 11.2. The van der Waals surface area contributed by atoms with E-state index in [2.05, 4.69) is 37.3 Å². The predicted molar refractivity (Wildman–Crippen MR) is 72.4 cm³/mol. The number of amides is 1. The van der Waals surface area contributed by atoms with Crippen molar-refractivity contribution in [2.45, 2.75) is 0 Å². The first-order valence-electron chi connectivity index (χ1n) is 5.20. The molecule has 2 aromatic rings. The molecular weight excluding hydrogens is 312 g/mol. The van der Waals surface area contributed by atoms with Crippen molar-refractivity contribution in [3.63, 3.8) is 0 Å². The minimum Gasteiger partial charge on any atom is -0.480 e. The van der Waals surface area contributed by atoms with Gasteiger partial charge in [-0.1, -0.05) is 5.92 Å². The van der Waals surface area contributed by atoms with Gasteiger partial charge in [-0.05, 0) is 34.1 Å². The monoisotopic (exact) mass is 320 g/mol. The number of benzene rings is 1. The number of halogens is 1. The van der Waals surface area contributed by atoms with E-state index in [1.54, 1.807) is 18.2 Å². The maximum Gasteiger partial charge on any atom is 0.271 e. The lowest BCUT2D eigenvalue weighted by molar-refractivity contribution is 0.0996. The first-order chi connectivity index (χ1) is 9.13. The summed E-state index contributed by atoms with van der Waals surface area (Å²) in [5.74, 6) is 2.33. The number of carbonyl (C=O) groups excluding carboxylic acids is 1. The molecule has 0 radical (unpaired) electrons. The van der Waals surface area contributed by atoms with Crippen molar-refractivity contribution in [3.05, 3.63) is 28.4 Å². The molecular formula is C12H9BrN4O2. The summed E-state index contributed by atoms with van der Waals surface area (Å²) in [7, 11) is 0. The van der Waals surface area contributed by atoms with Gasteiger partial charge in [0, 0.05) is 5.56 Å². The summed E-state index contributed by atoms with van der Waals surface area (Å²) in [4.78, 5) is 11.2. The van der Waals surface area contributed by atoms with E-state index in [0.29, 0.717) is 21.5 Å². The highest BCUT2D eigenvalue weighted by atomic mass is 79.9. The normalized spacial score (nSPS) is 9.89. The van der Waals surface area contributed by atoms with E-state index in [4.69, 9.17) is 16.9 Å². The topological polar surface area (TPSA) is 93.9 Å². The molecule has 0 aliphatic rings. The third-order valence-electron chi connectivity index (χ3n) is 2.30. The Labute approximate surface area is 117 Å². The average molecular weight is 321 g/mol. The second kappa shape index (κ2) is 5.54. The van der Waals surface area contributed by atoms with Crippen LogP contribution in [0.1, 0.15) is 10.5 Å². The van der Waals surface area contributed by atoms with Crippen molar-refractivity contribution >= 4 is 21.8 Å². The van der Waals surface area contributed by atoms with Crippen LogP contribution in [0.25, 0.3) is 11.3 Å². The molecule has 0 fully saturated rings. The number of nitrogens with zero attached hydrogens (tertiary/aromatic N) is 2. The Balaban J connectivity index is 2.37. The Kier molecular flexibility index (Phi) is 3.82. The molecule has 96 valence electrons. The van der Waals surface area contributed by atoms with Crippen LogP contribution in [0, 0.1) is 12.3 Å². The number of terminal acetylenes is 1. The Morgan fingerprint density at radius 2 is 2.32 bits per heavy atom. The first-order valence-corrected chi connectivity index (χ1v) is 5.99. The molecule has 0 aliphatic carbocycles. The van der Waals surface area contributed by atoms with Gasteiger partial charge in [-0.3, -0.25) is 4.79 Å². The van der Waals surface area contributed by atoms with Crippen molar-refractivity contribution in [1.29, 1.82) is 0 Å². The molecule has 3 N–H and O–H groups in total. The van der Waals surface area contributed by atoms with Crippen LogP contribution in [0.5, 0.6) is 5.75 Å². The summed E-state index contributed by atoms with van der Waals surface area (Å²) in [5.41, 5.74) is 6.37. The van der Waals surface area contributed by atoms with Crippen molar-refractivity contribution in [2.24, 2.45) is 5.73 Å². The number of H-pyrrole nitrogens is 1. The van der Waals surface area contributed by atoms with Crippen LogP contribution >= 0.6 is 15.9 Å². The van der Waals surface area contributed by atoms with Crippen molar-refractivity contribution in [1.82, 2.24) is 15.4 Å². The lowest BCUT2D eigenvalue weighted by Gasteiger charge is -2.06. The number of hydrogen-bond donors (Lipinski definition) is 2. The standard InChI is InChI=1S/C12H9BrN4O2/c1-2-5-19-9-4-3-7(6-8(9)13)10-11(12(14)18)16-17-15-10/h1,3-4,6H,5H2,(H2,14,18)(H,15,16,17). The number of carbonyl (C=O) groups is 1. The first kappa shape index (κ1) is 13.1. The van der Waals surface area contributed by atoms with E-state index in [-0.39, 0.29) is 12.3 Å². The quantitative estimate of drug-likeness (QED) is 0.831. The van der Waals surface area contributed by atoms with Crippen LogP contribution < -0.4 is 10.5 Å². The molecule has 0 bridgehead atoms. The highest BCUT2D eigenvalue weighted by molar-refractivity contribution is 9.10. The van der Waals surface area contributed by atoms with Gasteiger partial charge in [0.05, 0.1) is 4.47 Å². The molecule has 19 heavy (non-hydrogen) atoms. The number of aromatic nitrogens is 3. The maximum absolute atomic E-state index is 11.2. The summed E-state index contributed by atoms with van der Waals surface area (Å²) in [6.07, 6.45) is 5.12. The van der Waals surface area contributed by atoms with Gasteiger partial charge in [0.1, 0.15) is 18.1 Å². The Morgan fingerprint density at radius 1 is 1.53 bits per heavy atom. The molecule has 0 saturated carbocycles. The Hall–Kier alpha value is -2.33. The average Bonchev–Trinajstić information content (AvgIpc) is 2.86. The van der Waals surface area contributed by atoms with Crippen molar-refractivity contribution in [3.8, 4) is 29.4 Å². The molecule has 1 aromatic carbocycles. The number of primary amides is 1. The number of nitrogens with one attached hydrogen (secondary N) is 1. The van der Waals surface area contributed by atoms with E-state index in [9.17, 15) is 4.79 Å². The zero-order valence-electron chi connectivity index (χ0n) is 9.68. The summed E-state index contributed by atoms with van der Waals surface area (Å²) >= 11 is 3.36. The van der Waals surface area contributed by atoms with Crippen LogP contribution in [0.3, 0.4) is 0 Å². The van der Waals surface area contributed by atoms with Gasteiger partial charge in [0.15, 0.2) is 5.69 Å². The van der Waals surface area contributed by atoms with E-state index >= 15 is 0 Å². The van der Waals surface area contributed by atoms with Crippen LogP contribution in [-0.2, 0) is 0 Å². The summed E-state index contributed by atoms with van der Waals surface area (Å²) in [6, 6.07) is 5.20. The van der Waals surface area contributed by atoms with Gasteiger partial charge in [-0.2, -0.15) is 15.4 Å². The molecule has 1 aromatic heterocycles. The number of hydrogen-bond acceptors (Lipinski definition) is 4. The molecule has 0 saturated heterocycles. The largest absolute Gasteiger partial charge is 0.480 e. The third kappa shape index (κ3) is 2.74. The van der Waals surface area contributed by atoms with Crippen LogP contribution in [0.15, 0.2) is 22.7 Å². The molecule has 1 heterocycles. The summed E-state index contributed by atoms with van der Waals surface area (Å²) in [6.45, 7) is 0.175. The predicted octanol–water partition coefficient (Wildman–Crippen LogP) is 1.35. The Morgan fingerprint density at radius 3 is 2.95 bits per heavy atom. The summed E-state index contributed by atoms with van der Waals surface area (Å²) < 4.78 is 6.01. The fraction of sp³-hybridized carbons (Fsp3) is 0.0833. The van der Waals surface area contributed by atoms with Crippen LogP contribution in [0.2, 0.25) is 0 Å². The lowest BCUT2D eigenvalue weighted by Crippen LogP contribution is -2.12. The molecule has 0 spiro atoms. The fourth-order valence-corrected chi connectivity index (χ4v) is 1.98. The molecule has 0 atom stereocenters. The van der Waals surface area contributed by atoms with Gasteiger partial charge >= 0.3 is 0 Å². The van der Waals surface area contributed by atoms with E-state index in [1.165, 1.54) is 0 Å². The van der Waals surface area contributed by atoms with Gasteiger partial charge in [0.2, 0.25) is 0 Å². The minimum absolute atomic E-state index is 0.0872. The second-order valence-electron chi connectivity index (χ2n) is 3.52. The third-order valence-corrected chi connectivity index (χ3v) is 2.92. The Bertz CT molecular complexity index is 660. The number of rotatable bonds is 4. The van der Waals surface area contributed by atoms with E-state index < -0.39 is 5.91 Å². The minimum atomic E-state index is -0.646. The molecule has 0 aliphatic heterocycles. The highest BCUT2D eigenvalue weighted by Gasteiger charge is 2.16. The van der Waals surface area contributed by atoms with Crippen molar-refractivity contribution < 1.29 is 9.53 Å². The molecule has 6 nitrogen and oxygen atoms in total. The zero-order valence-corrected chi connectivity index (χ0v) is 11.3. The van der Waals surface area contributed by atoms with E-state index in [1.807, 2.05) is 0 Å². The van der Waals surface area contributed by atoms with Gasteiger partial charge in [-0.15, -0.1) is 6.42 Å². The fourth-order valence-electron chi connectivity index (χ4n) is 1.49. The lowest BCUT2D eigenvalue weighted by atomic mass is 10.1. The second-order valence-corrected chi connectivity index (χ2v) is 4.38. The van der Waals surface area contributed by atoms with Gasteiger partial charge in [-0.25, -0.2) is 0 Å². The molecule has 2 rings (SSSR count). The highest BCUT2D eigenvalue weighted by Crippen LogP contribution is 2.30. The smallest absolute Gasteiger partial charge is 0.271 e. The van der Waals surface area contributed by atoms with Crippen LogP contribution in [-0.4, -0.2) is 27.9 Å².